The number of aromatic nitrogens is 1. The third-order valence-corrected chi connectivity index (χ3v) is 3.56. The molecule has 0 aliphatic carbocycles. The number of hydrogen-bond donors (Lipinski definition) is 0. The van der Waals surface area contributed by atoms with E-state index in [1.54, 1.807) is 19.4 Å². The smallest absolute Gasteiger partial charge is 0.129 e. The zero-order chi connectivity index (χ0) is 14.7. The minimum Gasteiger partial charge on any atom is -0.497 e. The van der Waals surface area contributed by atoms with Crippen LogP contribution in [-0.2, 0) is 0 Å². The summed E-state index contributed by atoms with van der Waals surface area (Å²) in [5, 5.41) is 8.81. The van der Waals surface area contributed by atoms with Crippen molar-refractivity contribution in [1.29, 1.82) is 5.26 Å². The van der Waals surface area contributed by atoms with Crippen LogP contribution in [0, 0.1) is 11.3 Å². The van der Waals surface area contributed by atoms with Gasteiger partial charge in [0.2, 0.25) is 0 Å². The quantitative estimate of drug-likeness (QED) is 0.865. The van der Waals surface area contributed by atoms with Crippen LogP contribution < -0.4 is 9.64 Å². The maximum atomic E-state index is 8.81. The van der Waals surface area contributed by atoms with Crippen molar-refractivity contribution < 1.29 is 4.74 Å². The third-order valence-electron chi connectivity index (χ3n) is 3.56. The van der Waals surface area contributed by atoms with Crippen LogP contribution in [0.3, 0.4) is 0 Å². The van der Waals surface area contributed by atoms with E-state index in [0.29, 0.717) is 5.56 Å². The molecule has 4 heteroatoms. The van der Waals surface area contributed by atoms with Gasteiger partial charge >= 0.3 is 0 Å². The Bertz CT molecular complexity index is 714. The van der Waals surface area contributed by atoms with Crippen molar-refractivity contribution in [3.63, 3.8) is 0 Å². The highest BCUT2D eigenvalue weighted by atomic mass is 16.5. The normalized spacial score (nSPS) is 13.7. The van der Waals surface area contributed by atoms with Crippen LogP contribution in [0.2, 0.25) is 0 Å². The molecule has 0 amide bonds. The first-order chi connectivity index (χ1) is 10.3. The van der Waals surface area contributed by atoms with Gasteiger partial charge < -0.3 is 9.64 Å². The number of methoxy groups -OCH3 is 1. The number of anilines is 1. The minimum atomic E-state index is 0.582. The van der Waals surface area contributed by atoms with Gasteiger partial charge in [-0.3, -0.25) is 0 Å². The molecule has 0 radical (unpaired) electrons. The summed E-state index contributed by atoms with van der Waals surface area (Å²) in [5.74, 6) is 1.76. The van der Waals surface area contributed by atoms with Crippen molar-refractivity contribution in [3.8, 4) is 11.8 Å². The van der Waals surface area contributed by atoms with Crippen molar-refractivity contribution in [2.45, 2.75) is 0 Å². The molecule has 0 fully saturated rings. The van der Waals surface area contributed by atoms with E-state index in [2.05, 4.69) is 28.1 Å². The van der Waals surface area contributed by atoms with Crippen LogP contribution in [0.25, 0.3) is 5.57 Å². The number of nitrogens with zero attached hydrogens (tertiary/aromatic N) is 3. The fourth-order valence-corrected chi connectivity index (χ4v) is 2.40. The van der Waals surface area contributed by atoms with Crippen molar-refractivity contribution >= 4 is 11.4 Å². The average Bonchev–Trinajstić information content (AvgIpc) is 3.05. The van der Waals surface area contributed by atoms with Gasteiger partial charge in [-0.1, -0.05) is 18.2 Å². The van der Waals surface area contributed by atoms with Crippen molar-refractivity contribution in [1.82, 2.24) is 4.98 Å². The lowest BCUT2D eigenvalue weighted by Gasteiger charge is -2.17. The molecule has 0 saturated heterocycles. The summed E-state index contributed by atoms with van der Waals surface area (Å²) in [6, 6.07) is 13.8. The molecule has 21 heavy (non-hydrogen) atoms. The van der Waals surface area contributed by atoms with Crippen LogP contribution in [0.15, 0.2) is 48.7 Å². The van der Waals surface area contributed by atoms with E-state index in [0.717, 1.165) is 24.7 Å². The van der Waals surface area contributed by atoms with E-state index in [4.69, 9.17) is 10.00 Å². The van der Waals surface area contributed by atoms with Crippen molar-refractivity contribution in [2.24, 2.45) is 0 Å². The van der Waals surface area contributed by atoms with Crippen LogP contribution in [0.5, 0.6) is 5.75 Å². The molecule has 2 heterocycles. The van der Waals surface area contributed by atoms with E-state index < -0.39 is 0 Å². The Kier molecular flexibility index (Phi) is 3.57. The number of ether oxygens (including phenoxy) is 1. The maximum Gasteiger partial charge on any atom is 0.129 e. The fraction of sp³-hybridized carbons (Fsp3) is 0.176. The third kappa shape index (κ3) is 2.72. The van der Waals surface area contributed by atoms with Crippen molar-refractivity contribution in [2.75, 3.05) is 25.1 Å². The predicted molar refractivity (Wildman–Crippen MR) is 82.1 cm³/mol. The largest absolute Gasteiger partial charge is 0.497 e. The Morgan fingerprint density at radius 2 is 2.19 bits per heavy atom. The lowest BCUT2D eigenvalue weighted by atomic mass is 10.1. The van der Waals surface area contributed by atoms with E-state index in [9.17, 15) is 0 Å². The summed E-state index contributed by atoms with van der Waals surface area (Å²) in [6.07, 6.45) is 3.81. The first-order valence-electron chi connectivity index (χ1n) is 6.75. The Morgan fingerprint density at radius 3 is 2.90 bits per heavy atom. The Morgan fingerprint density at radius 1 is 1.29 bits per heavy atom. The molecule has 2 aromatic rings. The summed E-state index contributed by atoms with van der Waals surface area (Å²) in [4.78, 5) is 6.52. The molecule has 0 unspecified atom stereocenters. The van der Waals surface area contributed by atoms with Gasteiger partial charge in [0.25, 0.3) is 0 Å². The Balaban J connectivity index is 1.76. The fourth-order valence-electron chi connectivity index (χ4n) is 2.40. The second kappa shape index (κ2) is 5.68. The van der Waals surface area contributed by atoms with Gasteiger partial charge in [0.15, 0.2) is 0 Å². The number of hydrogen-bond acceptors (Lipinski definition) is 4. The molecule has 0 saturated carbocycles. The van der Waals surface area contributed by atoms with Gasteiger partial charge in [-0.25, -0.2) is 4.98 Å². The summed E-state index contributed by atoms with van der Waals surface area (Å²) in [6.45, 7) is 1.64. The molecular weight excluding hydrogens is 262 g/mol. The van der Waals surface area contributed by atoms with Gasteiger partial charge in [-0.15, -0.1) is 0 Å². The van der Waals surface area contributed by atoms with Gasteiger partial charge in [-0.2, -0.15) is 5.26 Å². The molecule has 1 aromatic carbocycles. The van der Waals surface area contributed by atoms with Gasteiger partial charge in [0.1, 0.15) is 17.6 Å². The molecule has 1 aliphatic heterocycles. The first kappa shape index (κ1) is 13.2. The van der Waals surface area contributed by atoms with Crippen LogP contribution in [-0.4, -0.2) is 25.2 Å². The highest BCUT2D eigenvalue weighted by Crippen LogP contribution is 2.26. The lowest BCUT2D eigenvalue weighted by Crippen LogP contribution is -2.20. The van der Waals surface area contributed by atoms with Crippen LogP contribution >= 0.6 is 0 Å². The molecule has 4 nitrogen and oxygen atoms in total. The average molecular weight is 277 g/mol. The second-order valence-electron chi connectivity index (χ2n) is 4.86. The Hall–Kier alpha value is -2.80. The van der Waals surface area contributed by atoms with E-state index in [1.165, 1.54) is 11.1 Å². The van der Waals surface area contributed by atoms with Crippen LogP contribution in [0.1, 0.15) is 11.1 Å². The zero-order valence-corrected chi connectivity index (χ0v) is 11.8. The van der Waals surface area contributed by atoms with Crippen LogP contribution in [0.4, 0.5) is 5.82 Å². The molecule has 0 atom stereocenters. The molecular formula is C17H15N3O. The number of nitriles is 1. The molecule has 1 aromatic heterocycles. The minimum absolute atomic E-state index is 0.582. The summed E-state index contributed by atoms with van der Waals surface area (Å²) in [7, 11) is 1.68. The maximum absolute atomic E-state index is 8.81. The highest BCUT2D eigenvalue weighted by Gasteiger charge is 2.17. The van der Waals surface area contributed by atoms with Gasteiger partial charge in [0.05, 0.1) is 12.7 Å². The van der Waals surface area contributed by atoms with E-state index in [1.807, 2.05) is 24.3 Å². The van der Waals surface area contributed by atoms with Gasteiger partial charge in [-0.05, 0) is 35.4 Å². The topological polar surface area (TPSA) is 49.1 Å². The second-order valence-corrected chi connectivity index (χ2v) is 4.86. The summed E-state index contributed by atoms with van der Waals surface area (Å²) < 4.78 is 5.27. The SMILES string of the molecule is COc1cccc(C2=CCN(c3ccc(C#N)cn3)C2)c1. The molecule has 0 N–H and O–H groups in total. The monoisotopic (exact) mass is 277 g/mol. The summed E-state index contributed by atoms with van der Waals surface area (Å²) >= 11 is 0. The lowest BCUT2D eigenvalue weighted by molar-refractivity contribution is 0.414. The molecule has 0 spiro atoms. The number of rotatable bonds is 3. The zero-order valence-electron chi connectivity index (χ0n) is 11.8. The Labute approximate surface area is 123 Å². The highest BCUT2D eigenvalue weighted by molar-refractivity contribution is 5.74. The molecule has 1 aliphatic rings. The predicted octanol–water partition coefficient (Wildman–Crippen LogP) is 2.87. The molecule has 0 bridgehead atoms. The van der Waals surface area contributed by atoms with Gasteiger partial charge in [0, 0.05) is 19.3 Å². The standard InChI is InChI=1S/C17H15N3O/c1-21-16-4-2-3-14(9-16)15-7-8-20(12-15)17-6-5-13(10-18)11-19-17/h2-7,9,11H,8,12H2,1H3. The molecule has 3 rings (SSSR count). The number of pyridine rings is 1. The first-order valence-corrected chi connectivity index (χ1v) is 6.75. The molecule has 104 valence electrons. The summed E-state index contributed by atoms with van der Waals surface area (Å²) in [5.41, 5.74) is 3.02. The van der Waals surface area contributed by atoms with E-state index in [-0.39, 0.29) is 0 Å². The van der Waals surface area contributed by atoms with E-state index >= 15 is 0 Å². The number of benzene rings is 1. The van der Waals surface area contributed by atoms with Crippen molar-refractivity contribution in [3.05, 3.63) is 59.8 Å².